The number of hydrogen-bond donors (Lipinski definition) is 3. The summed E-state index contributed by atoms with van der Waals surface area (Å²) in [4.78, 5) is 21.3. The van der Waals surface area contributed by atoms with Gasteiger partial charge in [0.05, 0.1) is 12.6 Å². The Morgan fingerprint density at radius 1 is 1.71 bits per heavy atom. The fourth-order valence-corrected chi connectivity index (χ4v) is 1.32. The number of carbonyl (C=O) groups excluding carboxylic acids is 2. The first kappa shape index (κ1) is 10.8. The Morgan fingerprint density at radius 3 is 3.00 bits per heavy atom. The fourth-order valence-electron chi connectivity index (χ4n) is 1.32. The Bertz CT molecular complexity index is 231. The van der Waals surface area contributed by atoms with E-state index in [1.165, 1.54) is 6.92 Å². The minimum Gasteiger partial charge on any atom is -0.442 e. The molecule has 14 heavy (non-hydrogen) atoms. The number of carbonyl (C=O) groups is 2. The van der Waals surface area contributed by atoms with Crippen LogP contribution in [0.1, 0.15) is 13.3 Å². The van der Waals surface area contributed by atoms with Crippen LogP contribution in [0.2, 0.25) is 0 Å². The van der Waals surface area contributed by atoms with Crippen molar-refractivity contribution in [2.75, 3.05) is 13.2 Å². The molecule has 1 heterocycles. The number of aliphatic hydroxyl groups excluding tert-OH is 1. The Labute approximate surface area is 81.6 Å². The van der Waals surface area contributed by atoms with E-state index in [1.54, 1.807) is 0 Å². The van der Waals surface area contributed by atoms with Crippen LogP contribution in [0.15, 0.2) is 0 Å². The number of ether oxygens (including phenoxy) is 1. The highest BCUT2D eigenvalue weighted by molar-refractivity contribution is 5.72. The summed E-state index contributed by atoms with van der Waals surface area (Å²) in [5.41, 5.74) is 0. The first-order valence-electron chi connectivity index (χ1n) is 4.46. The zero-order valence-corrected chi connectivity index (χ0v) is 7.95. The molecule has 0 aromatic heterocycles. The lowest BCUT2D eigenvalue weighted by molar-refractivity contribution is -0.119. The van der Waals surface area contributed by atoms with Crippen LogP contribution in [-0.2, 0) is 9.53 Å². The lowest BCUT2D eigenvalue weighted by Gasteiger charge is -2.14. The summed E-state index contributed by atoms with van der Waals surface area (Å²) >= 11 is 0. The van der Waals surface area contributed by atoms with Gasteiger partial charge >= 0.3 is 6.09 Å². The number of rotatable bonds is 4. The van der Waals surface area contributed by atoms with Gasteiger partial charge in [-0.1, -0.05) is 0 Å². The standard InChI is InChI=1S/C8H14N2O4/c1-5(12)9-3-2-6-7(4-11)14-8(13)10-6/h6-7,11H,2-4H2,1H3,(H,9,12)(H,10,13)/t6-,7-/m1/s1. The summed E-state index contributed by atoms with van der Waals surface area (Å²) in [7, 11) is 0. The second-order valence-electron chi connectivity index (χ2n) is 3.15. The number of alkyl carbamates (subject to hydrolysis) is 1. The minimum atomic E-state index is -0.517. The monoisotopic (exact) mass is 202 g/mol. The van der Waals surface area contributed by atoms with Crippen molar-refractivity contribution < 1.29 is 19.4 Å². The van der Waals surface area contributed by atoms with Crippen molar-refractivity contribution in [1.29, 1.82) is 0 Å². The zero-order valence-electron chi connectivity index (χ0n) is 7.95. The van der Waals surface area contributed by atoms with Crippen LogP contribution in [0.5, 0.6) is 0 Å². The first-order valence-corrected chi connectivity index (χ1v) is 4.46. The van der Waals surface area contributed by atoms with Gasteiger partial charge in [0.15, 0.2) is 0 Å². The maximum Gasteiger partial charge on any atom is 0.407 e. The van der Waals surface area contributed by atoms with Gasteiger partial charge in [0.2, 0.25) is 5.91 Å². The van der Waals surface area contributed by atoms with E-state index < -0.39 is 12.2 Å². The largest absolute Gasteiger partial charge is 0.442 e. The summed E-state index contributed by atoms with van der Waals surface area (Å²) in [6, 6.07) is -0.223. The third-order valence-electron chi connectivity index (χ3n) is 2.02. The van der Waals surface area contributed by atoms with Gasteiger partial charge in [0.1, 0.15) is 6.10 Å². The Balaban J connectivity index is 2.29. The topological polar surface area (TPSA) is 87.7 Å². The van der Waals surface area contributed by atoms with Gasteiger partial charge in [-0.2, -0.15) is 0 Å². The van der Waals surface area contributed by atoms with Crippen LogP contribution < -0.4 is 10.6 Å². The molecule has 1 aliphatic heterocycles. The average molecular weight is 202 g/mol. The van der Waals surface area contributed by atoms with Crippen molar-refractivity contribution in [3.63, 3.8) is 0 Å². The molecular weight excluding hydrogens is 188 g/mol. The quantitative estimate of drug-likeness (QED) is 0.544. The van der Waals surface area contributed by atoms with Crippen molar-refractivity contribution >= 4 is 12.0 Å². The third kappa shape index (κ3) is 2.88. The van der Waals surface area contributed by atoms with Gasteiger partial charge in [-0.3, -0.25) is 4.79 Å². The van der Waals surface area contributed by atoms with Crippen molar-refractivity contribution in [3.05, 3.63) is 0 Å². The number of amides is 2. The van der Waals surface area contributed by atoms with E-state index in [4.69, 9.17) is 9.84 Å². The van der Waals surface area contributed by atoms with Crippen molar-refractivity contribution in [1.82, 2.24) is 10.6 Å². The van der Waals surface area contributed by atoms with Gasteiger partial charge in [0, 0.05) is 13.5 Å². The Kier molecular flexibility index (Phi) is 3.70. The maximum atomic E-state index is 10.8. The highest BCUT2D eigenvalue weighted by Gasteiger charge is 2.32. The number of hydrogen-bond acceptors (Lipinski definition) is 4. The van der Waals surface area contributed by atoms with Gasteiger partial charge in [-0.05, 0) is 6.42 Å². The highest BCUT2D eigenvalue weighted by Crippen LogP contribution is 2.10. The molecule has 0 bridgehead atoms. The number of aliphatic hydroxyl groups is 1. The summed E-state index contributed by atoms with van der Waals surface area (Å²) in [6.07, 6.45) is -0.468. The molecule has 0 spiro atoms. The zero-order chi connectivity index (χ0) is 10.6. The van der Waals surface area contributed by atoms with Crippen LogP contribution in [0, 0.1) is 0 Å². The SMILES string of the molecule is CC(=O)NCC[C@H]1NC(=O)O[C@@H]1CO. The molecule has 1 aliphatic rings. The maximum absolute atomic E-state index is 10.8. The molecular formula is C8H14N2O4. The van der Waals surface area contributed by atoms with Crippen molar-refractivity contribution in [2.45, 2.75) is 25.5 Å². The molecule has 0 unspecified atom stereocenters. The molecule has 80 valence electrons. The predicted octanol–water partition coefficient (Wildman–Crippen LogP) is -1.02. The van der Waals surface area contributed by atoms with E-state index in [9.17, 15) is 9.59 Å². The molecule has 1 fully saturated rings. The molecule has 0 saturated carbocycles. The second kappa shape index (κ2) is 4.80. The van der Waals surface area contributed by atoms with Gasteiger partial charge in [-0.25, -0.2) is 4.79 Å². The molecule has 2 atom stereocenters. The van der Waals surface area contributed by atoms with E-state index in [2.05, 4.69) is 10.6 Å². The lowest BCUT2D eigenvalue weighted by Crippen LogP contribution is -2.37. The molecule has 0 aliphatic carbocycles. The van der Waals surface area contributed by atoms with Gasteiger partial charge in [0.25, 0.3) is 0 Å². The van der Waals surface area contributed by atoms with Crippen LogP contribution in [-0.4, -0.2) is 42.4 Å². The molecule has 1 rings (SSSR count). The second-order valence-corrected chi connectivity index (χ2v) is 3.15. The third-order valence-corrected chi connectivity index (χ3v) is 2.02. The Hall–Kier alpha value is -1.30. The molecule has 0 aromatic carbocycles. The van der Waals surface area contributed by atoms with E-state index in [0.29, 0.717) is 13.0 Å². The summed E-state index contributed by atoms with van der Waals surface area (Å²) < 4.78 is 4.77. The Morgan fingerprint density at radius 2 is 2.43 bits per heavy atom. The molecule has 2 amide bonds. The molecule has 1 saturated heterocycles. The van der Waals surface area contributed by atoms with Crippen LogP contribution in [0.4, 0.5) is 4.79 Å². The molecule has 0 aromatic rings. The smallest absolute Gasteiger partial charge is 0.407 e. The summed E-state index contributed by atoms with van der Waals surface area (Å²) in [5.74, 6) is -0.115. The first-order chi connectivity index (χ1) is 6.63. The van der Waals surface area contributed by atoms with E-state index in [-0.39, 0.29) is 18.6 Å². The normalized spacial score (nSPS) is 25.4. The number of cyclic esters (lactones) is 1. The average Bonchev–Trinajstić information content (AvgIpc) is 2.45. The highest BCUT2D eigenvalue weighted by atomic mass is 16.6. The van der Waals surface area contributed by atoms with Crippen molar-refractivity contribution in [2.24, 2.45) is 0 Å². The van der Waals surface area contributed by atoms with E-state index in [1.807, 2.05) is 0 Å². The lowest BCUT2D eigenvalue weighted by atomic mass is 10.1. The van der Waals surface area contributed by atoms with Crippen molar-refractivity contribution in [3.8, 4) is 0 Å². The summed E-state index contributed by atoms with van der Waals surface area (Å²) in [6.45, 7) is 1.68. The predicted molar refractivity (Wildman–Crippen MR) is 47.6 cm³/mol. The number of nitrogens with one attached hydrogen (secondary N) is 2. The minimum absolute atomic E-state index is 0.115. The van der Waals surface area contributed by atoms with Crippen LogP contribution >= 0.6 is 0 Å². The van der Waals surface area contributed by atoms with Crippen LogP contribution in [0.25, 0.3) is 0 Å². The fraction of sp³-hybridized carbons (Fsp3) is 0.750. The van der Waals surface area contributed by atoms with Gasteiger partial charge in [-0.15, -0.1) is 0 Å². The van der Waals surface area contributed by atoms with E-state index >= 15 is 0 Å². The molecule has 6 nitrogen and oxygen atoms in total. The molecule has 6 heteroatoms. The van der Waals surface area contributed by atoms with Gasteiger partial charge < -0.3 is 20.5 Å². The molecule has 0 radical (unpaired) electrons. The van der Waals surface area contributed by atoms with E-state index in [0.717, 1.165) is 0 Å². The molecule has 3 N–H and O–H groups in total. The van der Waals surface area contributed by atoms with Crippen LogP contribution in [0.3, 0.4) is 0 Å². The summed E-state index contributed by atoms with van der Waals surface area (Å²) in [5, 5.41) is 14.0.